The summed E-state index contributed by atoms with van der Waals surface area (Å²) < 4.78 is 0. The van der Waals surface area contributed by atoms with Crippen LogP contribution in [0.15, 0.2) is 12.2 Å². The van der Waals surface area contributed by atoms with Crippen molar-refractivity contribution in [3.8, 4) is 0 Å². The molecule has 0 aromatic rings. The summed E-state index contributed by atoms with van der Waals surface area (Å²) in [6.07, 6.45) is 21.3. The van der Waals surface area contributed by atoms with E-state index in [2.05, 4.69) is 13.8 Å². The van der Waals surface area contributed by atoms with E-state index >= 15 is 0 Å². The van der Waals surface area contributed by atoms with Gasteiger partial charge in [0.25, 0.3) is 0 Å². The van der Waals surface area contributed by atoms with Gasteiger partial charge < -0.3 is 4.79 Å². The predicted molar refractivity (Wildman–Crippen MR) is 92.6 cm³/mol. The maximum atomic E-state index is 9.89. The summed E-state index contributed by atoms with van der Waals surface area (Å²) in [4.78, 5) is 19.7. The Balaban J connectivity index is 0. The van der Waals surface area contributed by atoms with Crippen LogP contribution in [0.3, 0.4) is 0 Å². The fraction of sp³-hybridized carbons (Fsp3) is 0.789. The van der Waals surface area contributed by atoms with E-state index in [-0.39, 0.29) is 0 Å². The van der Waals surface area contributed by atoms with Gasteiger partial charge in [0.15, 0.2) is 0 Å². The van der Waals surface area contributed by atoms with E-state index in [0.717, 1.165) is 31.8 Å². The van der Waals surface area contributed by atoms with Crippen molar-refractivity contribution in [3.63, 3.8) is 0 Å². The standard InChI is InChI=1S/C10H18O.C9H18O/c1-2-3-4-5-6-7-8-9-10-11;1-2-3-4-5-6-7-8-9-10/h8-10H,2-7H2,1H3;9H,2-8H2,1H3/b9-8-;. The van der Waals surface area contributed by atoms with Crippen LogP contribution in [0.2, 0.25) is 0 Å². The first-order valence-electron chi connectivity index (χ1n) is 8.87. The molecule has 0 N–H and O–H groups in total. The third kappa shape index (κ3) is 28.1. The summed E-state index contributed by atoms with van der Waals surface area (Å²) in [7, 11) is 0. The molecule has 0 rings (SSSR count). The van der Waals surface area contributed by atoms with Gasteiger partial charge in [-0.1, -0.05) is 77.7 Å². The molecule has 0 spiro atoms. The summed E-state index contributed by atoms with van der Waals surface area (Å²) in [5.74, 6) is 0. The lowest BCUT2D eigenvalue weighted by Gasteiger charge is -1.95. The SMILES string of the molecule is CCCCCCC/C=C\C=O.CCCCCCCCC=O. The minimum atomic E-state index is 0.756. The molecule has 0 heterocycles. The second-order valence-electron chi connectivity index (χ2n) is 5.49. The molecular weight excluding hydrogens is 260 g/mol. The summed E-state index contributed by atoms with van der Waals surface area (Å²) >= 11 is 0. The Hall–Kier alpha value is -0.920. The highest BCUT2D eigenvalue weighted by atomic mass is 16.1. The normalized spacial score (nSPS) is 10.2. The Bertz CT molecular complexity index is 222. The van der Waals surface area contributed by atoms with Gasteiger partial charge in [0.2, 0.25) is 0 Å². The molecule has 21 heavy (non-hydrogen) atoms. The minimum Gasteiger partial charge on any atom is -0.303 e. The molecule has 124 valence electrons. The van der Waals surface area contributed by atoms with Crippen molar-refractivity contribution in [2.75, 3.05) is 0 Å². The average molecular weight is 296 g/mol. The molecule has 0 fully saturated rings. The van der Waals surface area contributed by atoms with Crippen LogP contribution < -0.4 is 0 Å². The zero-order valence-corrected chi connectivity index (χ0v) is 14.3. The van der Waals surface area contributed by atoms with Crippen molar-refractivity contribution < 1.29 is 9.59 Å². The van der Waals surface area contributed by atoms with Gasteiger partial charge in [0.05, 0.1) is 0 Å². The maximum Gasteiger partial charge on any atom is 0.142 e. The van der Waals surface area contributed by atoms with Gasteiger partial charge in [-0.2, -0.15) is 0 Å². The van der Waals surface area contributed by atoms with Gasteiger partial charge in [-0.25, -0.2) is 0 Å². The summed E-state index contributed by atoms with van der Waals surface area (Å²) in [5, 5.41) is 0. The van der Waals surface area contributed by atoms with Crippen LogP contribution in [0.5, 0.6) is 0 Å². The monoisotopic (exact) mass is 296 g/mol. The highest BCUT2D eigenvalue weighted by molar-refractivity contribution is 5.64. The molecule has 0 saturated carbocycles. The van der Waals surface area contributed by atoms with Crippen LogP contribution in [-0.2, 0) is 9.59 Å². The van der Waals surface area contributed by atoms with Crippen LogP contribution in [-0.4, -0.2) is 12.6 Å². The number of hydrogen-bond donors (Lipinski definition) is 0. The highest BCUT2D eigenvalue weighted by Gasteiger charge is 1.87. The third-order valence-corrected chi connectivity index (χ3v) is 3.36. The largest absolute Gasteiger partial charge is 0.303 e. The van der Waals surface area contributed by atoms with Crippen molar-refractivity contribution in [2.45, 2.75) is 97.3 Å². The molecule has 0 atom stereocenters. The quantitative estimate of drug-likeness (QED) is 0.222. The van der Waals surface area contributed by atoms with Gasteiger partial charge in [-0.15, -0.1) is 0 Å². The molecule has 0 aliphatic rings. The number of unbranched alkanes of at least 4 members (excludes halogenated alkanes) is 11. The first-order chi connectivity index (χ1) is 10.3. The molecule has 0 bridgehead atoms. The summed E-state index contributed by atoms with van der Waals surface area (Å²) in [6.45, 7) is 4.43. The zero-order chi connectivity index (χ0) is 16.0. The van der Waals surface area contributed by atoms with E-state index in [4.69, 9.17) is 0 Å². The smallest absolute Gasteiger partial charge is 0.142 e. The van der Waals surface area contributed by atoms with Crippen molar-refractivity contribution in [2.24, 2.45) is 0 Å². The zero-order valence-electron chi connectivity index (χ0n) is 14.3. The lowest BCUT2D eigenvalue weighted by atomic mass is 10.1. The fourth-order valence-corrected chi connectivity index (χ4v) is 2.03. The first-order valence-corrected chi connectivity index (χ1v) is 8.87. The fourth-order valence-electron chi connectivity index (χ4n) is 2.03. The van der Waals surface area contributed by atoms with Crippen LogP contribution >= 0.6 is 0 Å². The van der Waals surface area contributed by atoms with Crippen molar-refractivity contribution >= 4 is 12.6 Å². The lowest BCUT2D eigenvalue weighted by Crippen LogP contribution is -1.79. The van der Waals surface area contributed by atoms with E-state index in [1.807, 2.05) is 6.08 Å². The molecule has 0 aromatic carbocycles. The van der Waals surface area contributed by atoms with Gasteiger partial charge in [-0.3, -0.25) is 4.79 Å². The van der Waals surface area contributed by atoms with Crippen LogP contribution in [0, 0.1) is 0 Å². The number of carbonyl (C=O) groups excluding carboxylic acids is 2. The van der Waals surface area contributed by atoms with Gasteiger partial charge in [0.1, 0.15) is 12.6 Å². The highest BCUT2D eigenvalue weighted by Crippen LogP contribution is 2.05. The molecule has 0 amide bonds. The summed E-state index contributed by atoms with van der Waals surface area (Å²) in [5.41, 5.74) is 0. The van der Waals surface area contributed by atoms with Crippen LogP contribution in [0.1, 0.15) is 97.3 Å². The molecule has 0 aliphatic carbocycles. The molecule has 0 saturated heterocycles. The Morgan fingerprint density at radius 1 is 0.619 bits per heavy atom. The van der Waals surface area contributed by atoms with Crippen molar-refractivity contribution in [1.29, 1.82) is 0 Å². The minimum absolute atomic E-state index is 0.756. The van der Waals surface area contributed by atoms with Crippen molar-refractivity contribution in [3.05, 3.63) is 12.2 Å². The molecule has 0 radical (unpaired) electrons. The number of allylic oxidation sites excluding steroid dienone is 2. The lowest BCUT2D eigenvalue weighted by molar-refractivity contribution is -0.108. The van der Waals surface area contributed by atoms with Gasteiger partial charge >= 0.3 is 0 Å². The number of rotatable bonds is 14. The Labute approximate surface area is 132 Å². The maximum absolute atomic E-state index is 9.89. The number of hydrogen-bond acceptors (Lipinski definition) is 2. The molecule has 2 heteroatoms. The first kappa shape index (κ1) is 22.4. The third-order valence-electron chi connectivity index (χ3n) is 3.36. The second-order valence-corrected chi connectivity index (χ2v) is 5.49. The van der Waals surface area contributed by atoms with Crippen LogP contribution in [0.4, 0.5) is 0 Å². The predicted octanol–water partition coefficient (Wildman–Crippen LogP) is 6.04. The Morgan fingerprint density at radius 2 is 1.10 bits per heavy atom. The van der Waals surface area contributed by atoms with E-state index < -0.39 is 0 Å². The van der Waals surface area contributed by atoms with Crippen molar-refractivity contribution in [1.82, 2.24) is 0 Å². The van der Waals surface area contributed by atoms with Gasteiger partial charge in [-0.05, 0) is 25.3 Å². The molecule has 0 aromatic heterocycles. The van der Waals surface area contributed by atoms with E-state index in [9.17, 15) is 9.59 Å². The number of carbonyl (C=O) groups is 2. The Kier molecular flexibility index (Phi) is 25.7. The molecule has 0 aliphatic heterocycles. The average Bonchev–Trinajstić information content (AvgIpc) is 2.51. The molecule has 2 nitrogen and oxygen atoms in total. The second kappa shape index (κ2) is 24.1. The topological polar surface area (TPSA) is 34.1 Å². The van der Waals surface area contributed by atoms with Crippen LogP contribution in [0.25, 0.3) is 0 Å². The van der Waals surface area contributed by atoms with E-state index in [0.29, 0.717) is 0 Å². The van der Waals surface area contributed by atoms with Gasteiger partial charge in [0, 0.05) is 6.42 Å². The molecular formula is C19H36O2. The molecule has 0 unspecified atom stereocenters. The Morgan fingerprint density at radius 3 is 1.57 bits per heavy atom. The van der Waals surface area contributed by atoms with E-state index in [1.165, 1.54) is 64.2 Å². The van der Waals surface area contributed by atoms with E-state index in [1.54, 1.807) is 6.08 Å². The number of aldehydes is 2. The summed E-state index contributed by atoms with van der Waals surface area (Å²) in [6, 6.07) is 0.